The van der Waals surface area contributed by atoms with Crippen LogP contribution in [-0.2, 0) is 19.0 Å². The largest absolute Gasteiger partial charge is 0.463 e. The quantitative estimate of drug-likeness (QED) is 0.146. The zero-order chi connectivity index (χ0) is 19.8. The summed E-state index contributed by atoms with van der Waals surface area (Å²) in [5, 5.41) is 0. The molecule has 0 bridgehead atoms. The van der Waals surface area contributed by atoms with Crippen molar-refractivity contribution in [3.8, 4) is 12.3 Å². The summed E-state index contributed by atoms with van der Waals surface area (Å²) in [6.45, 7) is 4.23. The first-order valence-electron chi connectivity index (χ1n) is 11.1. The van der Waals surface area contributed by atoms with Crippen molar-refractivity contribution < 1.29 is 19.0 Å². The highest BCUT2D eigenvalue weighted by Gasteiger charge is 2.02. The van der Waals surface area contributed by atoms with Gasteiger partial charge in [-0.1, -0.05) is 89.9 Å². The maximum atomic E-state index is 11.6. The van der Waals surface area contributed by atoms with Gasteiger partial charge in [0, 0.05) is 6.42 Å². The van der Waals surface area contributed by atoms with Gasteiger partial charge < -0.3 is 14.2 Å². The van der Waals surface area contributed by atoms with Gasteiger partial charge in [-0.3, -0.25) is 4.79 Å². The number of unbranched alkanes of at least 4 members (excludes halogenated alkanes) is 12. The minimum Gasteiger partial charge on any atom is -0.463 e. The van der Waals surface area contributed by atoms with Crippen LogP contribution >= 0.6 is 0 Å². The van der Waals surface area contributed by atoms with E-state index in [-0.39, 0.29) is 5.97 Å². The van der Waals surface area contributed by atoms with E-state index in [0.717, 1.165) is 12.8 Å². The van der Waals surface area contributed by atoms with Crippen LogP contribution in [0.3, 0.4) is 0 Å². The van der Waals surface area contributed by atoms with Gasteiger partial charge in [-0.15, -0.1) is 6.42 Å². The van der Waals surface area contributed by atoms with Crippen molar-refractivity contribution in [2.75, 3.05) is 33.0 Å². The first-order valence-corrected chi connectivity index (χ1v) is 11.1. The van der Waals surface area contributed by atoms with Gasteiger partial charge in [0.2, 0.25) is 0 Å². The number of hydrogen-bond acceptors (Lipinski definition) is 4. The smallest absolute Gasteiger partial charge is 0.305 e. The normalized spacial score (nSPS) is 10.7. The Bertz CT molecular complexity index is 349. The summed E-state index contributed by atoms with van der Waals surface area (Å²) in [6, 6.07) is 0. The third-order valence-corrected chi connectivity index (χ3v) is 4.53. The van der Waals surface area contributed by atoms with Crippen LogP contribution in [0, 0.1) is 12.3 Å². The highest BCUT2D eigenvalue weighted by atomic mass is 16.6. The molecule has 0 rings (SSSR count). The molecular weight excluding hydrogens is 340 g/mol. The lowest BCUT2D eigenvalue weighted by molar-refractivity contribution is -0.145. The van der Waals surface area contributed by atoms with Crippen LogP contribution in [0.4, 0.5) is 0 Å². The fourth-order valence-electron chi connectivity index (χ4n) is 2.92. The molecular formula is C23H42O4. The molecule has 0 saturated heterocycles. The number of rotatable bonds is 21. The molecule has 158 valence electrons. The Morgan fingerprint density at radius 3 is 1.74 bits per heavy atom. The van der Waals surface area contributed by atoms with Crippen molar-refractivity contribution in [2.24, 2.45) is 0 Å². The summed E-state index contributed by atoms with van der Waals surface area (Å²) in [7, 11) is 0. The van der Waals surface area contributed by atoms with Crippen molar-refractivity contribution in [1.82, 2.24) is 0 Å². The van der Waals surface area contributed by atoms with Gasteiger partial charge >= 0.3 is 5.97 Å². The zero-order valence-electron chi connectivity index (χ0n) is 17.6. The van der Waals surface area contributed by atoms with Crippen molar-refractivity contribution in [3.63, 3.8) is 0 Å². The van der Waals surface area contributed by atoms with E-state index in [9.17, 15) is 4.79 Å². The van der Waals surface area contributed by atoms with Crippen LogP contribution in [-0.4, -0.2) is 39.0 Å². The molecule has 0 aliphatic carbocycles. The first kappa shape index (κ1) is 26.0. The minimum absolute atomic E-state index is 0.120. The zero-order valence-corrected chi connectivity index (χ0v) is 17.6. The van der Waals surface area contributed by atoms with E-state index in [2.05, 4.69) is 12.8 Å². The Kier molecular flexibility index (Phi) is 22.1. The Morgan fingerprint density at radius 2 is 1.19 bits per heavy atom. The lowest BCUT2D eigenvalue weighted by Crippen LogP contribution is -2.12. The van der Waals surface area contributed by atoms with Crippen molar-refractivity contribution >= 4 is 5.97 Å². The topological polar surface area (TPSA) is 44.8 Å². The average molecular weight is 383 g/mol. The number of hydrogen-bond donors (Lipinski definition) is 0. The molecule has 0 aliphatic rings. The molecule has 0 aromatic heterocycles. The number of esters is 1. The molecule has 4 heteroatoms. The van der Waals surface area contributed by atoms with Crippen molar-refractivity contribution in [2.45, 2.75) is 96.8 Å². The summed E-state index contributed by atoms with van der Waals surface area (Å²) in [5.41, 5.74) is 0. The molecule has 0 atom stereocenters. The molecule has 0 radical (unpaired) electrons. The number of carbonyl (C=O) groups is 1. The molecule has 0 aromatic rings. The maximum absolute atomic E-state index is 11.6. The predicted octanol–water partition coefficient (Wildman–Crippen LogP) is 5.68. The van der Waals surface area contributed by atoms with E-state index in [1.807, 2.05) is 0 Å². The van der Waals surface area contributed by atoms with Gasteiger partial charge in [0.1, 0.15) is 13.2 Å². The maximum Gasteiger partial charge on any atom is 0.305 e. The van der Waals surface area contributed by atoms with Gasteiger partial charge in [0.05, 0.1) is 19.8 Å². The summed E-state index contributed by atoms with van der Waals surface area (Å²) in [4.78, 5) is 11.6. The molecule has 0 spiro atoms. The van der Waals surface area contributed by atoms with E-state index < -0.39 is 0 Å². The van der Waals surface area contributed by atoms with Gasteiger partial charge in [-0.2, -0.15) is 0 Å². The highest BCUT2D eigenvalue weighted by molar-refractivity contribution is 5.69. The van der Waals surface area contributed by atoms with Crippen LogP contribution < -0.4 is 0 Å². The molecule has 0 aliphatic heterocycles. The number of terminal acetylenes is 1. The highest BCUT2D eigenvalue weighted by Crippen LogP contribution is 2.13. The fourth-order valence-corrected chi connectivity index (χ4v) is 2.92. The minimum atomic E-state index is -0.120. The van der Waals surface area contributed by atoms with Gasteiger partial charge in [-0.05, 0) is 6.42 Å². The Balaban J connectivity index is 3.14. The lowest BCUT2D eigenvalue weighted by atomic mass is 10.0. The van der Waals surface area contributed by atoms with E-state index in [1.54, 1.807) is 0 Å². The Hall–Kier alpha value is -1.05. The number of ether oxygens (including phenoxy) is 3. The van der Waals surface area contributed by atoms with Crippen LogP contribution in [0.15, 0.2) is 0 Å². The number of carbonyl (C=O) groups excluding carboxylic acids is 1. The van der Waals surface area contributed by atoms with E-state index in [4.69, 9.17) is 20.6 Å². The second-order valence-electron chi connectivity index (χ2n) is 7.08. The molecule has 4 nitrogen and oxygen atoms in total. The van der Waals surface area contributed by atoms with Crippen molar-refractivity contribution in [1.29, 1.82) is 0 Å². The monoisotopic (exact) mass is 382 g/mol. The standard InChI is InChI=1S/C23H42O4/c1-3-5-6-7-8-9-10-11-12-13-14-15-16-17-23(24)27-22-21-26-20-19-25-18-4-2/h2H,3,5-22H2,1H3. The fraction of sp³-hybridized carbons (Fsp3) is 0.870. The molecule has 0 amide bonds. The third kappa shape index (κ3) is 22.9. The van der Waals surface area contributed by atoms with E-state index >= 15 is 0 Å². The third-order valence-electron chi connectivity index (χ3n) is 4.53. The Morgan fingerprint density at radius 1 is 0.704 bits per heavy atom. The molecule has 0 saturated carbocycles. The summed E-state index contributed by atoms with van der Waals surface area (Å²) in [5.74, 6) is 2.27. The van der Waals surface area contributed by atoms with E-state index in [1.165, 1.54) is 70.6 Å². The summed E-state index contributed by atoms with van der Waals surface area (Å²) >= 11 is 0. The van der Waals surface area contributed by atoms with Gasteiger partial charge in [-0.25, -0.2) is 0 Å². The van der Waals surface area contributed by atoms with Crippen LogP contribution in [0.2, 0.25) is 0 Å². The summed E-state index contributed by atoms with van der Waals surface area (Å²) in [6.07, 6.45) is 22.6. The molecule has 0 N–H and O–H groups in total. The van der Waals surface area contributed by atoms with Crippen molar-refractivity contribution in [3.05, 3.63) is 0 Å². The first-order chi connectivity index (χ1) is 13.3. The lowest BCUT2D eigenvalue weighted by Gasteiger charge is -2.06. The van der Waals surface area contributed by atoms with Gasteiger partial charge in [0.15, 0.2) is 0 Å². The van der Waals surface area contributed by atoms with E-state index in [0.29, 0.717) is 39.5 Å². The molecule has 0 fully saturated rings. The average Bonchev–Trinajstić information content (AvgIpc) is 2.67. The second-order valence-corrected chi connectivity index (χ2v) is 7.08. The Labute approximate surface area is 167 Å². The predicted molar refractivity (Wildman–Crippen MR) is 112 cm³/mol. The van der Waals surface area contributed by atoms with Gasteiger partial charge in [0.25, 0.3) is 0 Å². The van der Waals surface area contributed by atoms with Crippen LogP contribution in [0.5, 0.6) is 0 Å². The molecule has 0 unspecified atom stereocenters. The molecule has 0 heterocycles. The summed E-state index contributed by atoms with van der Waals surface area (Å²) < 4.78 is 15.5. The molecule has 0 aromatic carbocycles. The second kappa shape index (κ2) is 23.0. The van der Waals surface area contributed by atoms with Crippen LogP contribution in [0.25, 0.3) is 0 Å². The van der Waals surface area contributed by atoms with Crippen LogP contribution in [0.1, 0.15) is 96.8 Å². The molecule has 27 heavy (non-hydrogen) atoms. The SMILES string of the molecule is C#CCOCCOCCOC(=O)CCCCCCCCCCCCCCC.